The van der Waals surface area contributed by atoms with Crippen LogP contribution in [0.15, 0.2) is 18.2 Å². The summed E-state index contributed by atoms with van der Waals surface area (Å²) in [5.74, 6) is 1.13. The number of nitrogens with zero attached hydrogens (tertiary/aromatic N) is 2. The summed E-state index contributed by atoms with van der Waals surface area (Å²) < 4.78 is 0. The standard InChI is InChI=1S/C15H25N3/c1-3-5-11-18(4-2)15-8-6-7-14(17-15)12-16-13-9-10-13/h6-8,13,16H,3-5,9-12H2,1-2H3. The van der Waals surface area contributed by atoms with Gasteiger partial charge in [0.15, 0.2) is 0 Å². The van der Waals surface area contributed by atoms with Gasteiger partial charge in [0, 0.05) is 25.7 Å². The SMILES string of the molecule is CCCCN(CC)c1cccc(CNC2CC2)n1. The molecule has 1 aliphatic carbocycles. The van der Waals surface area contributed by atoms with E-state index in [0.717, 1.165) is 37.2 Å². The predicted molar refractivity (Wildman–Crippen MR) is 76.9 cm³/mol. The molecular formula is C15H25N3. The molecule has 0 saturated heterocycles. The van der Waals surface area contributed by atoms with E-state index < -0.39 is 0 Å². The summed E-state index contributed by atoms with van der Waals surface area (Å²) in [5.41, 5.74) is 1.16. The molecule has 0 aromatic carbocycles. The second-order valence-corrected chi connectivity index (χ2v) is 5.08. The average molecular weight is 247 g/mol. The van der Waals surface area contributed by atoms with Gasteiger partial charge in [-0.25, -0.2) is 4.98 Å². The Hall–Kier alpha value is -1.09. The first kappa shape index (κ1) is 13.3. The number of nitrogens with one attached hydrogen (secondary N) is 1. The molecule has 0 radical (unpaired) electrons. The molecule has 3 nitrogen and oxygen atoms in total. The average Bonchev–Trinajstić information content (AvgIpc) is 3.22. The lowest BCUT2D eigenvalue weighted by Gasteiger charge is -2.22. The highest BCUT2D eigenvalue weighted by Crippen LogP contribution is 2.19. The lowest BCUT2D eigenvalue weighted by Crippen LogP contribution is -2.25. The van der Waals surface area contributed by atoms with E-state index >= 15 is 0 Å². The molecule has 1 N–H and O–H groups in total. The minimum absolute atomic E-state index is 0.748. The van der Waals surface area contributed by atoms with Crippen LogP contribution in [-0.4, -0.2) is 24.1 Å². The van der Waals surface area contributed by atoms with Crippen molar-refractivity contribution in [3.05, 3.63) is 23.9 Å². The molecule has 1 fully saturated rings. The first-order valence-electron chi connectivity index (χ1n) is 7.27. The second kappa shape index (κ2) is 6.74. The van der Waals surface area contributed by atoms with Gasteiger partial charge in [-0.2, -0.15) is 0 Å². The van der Waals surface area contributed by atoms with Gasteiger partial charge in [-0.1, -0.05) is 19.4 Å². The molecule has 1 saturated carbocycles. The van der Waals surface area contributed by atoms with Crippen LogP contribution in [0, 0.1) is 0 Å². The van der Waals surface area contributed by atoms with Crippen molar-refractivity contribution >= 4 is 5.82 Å². The van der Waals surface area contributed by atoms with Crippen LogP contribution in [0.25, 0.3) is 0 Å². The zero-order valence-electron chi connectivity index (χ0n) is 11.7. The zero-order valence-corrected chi connectivity index (χ0v) is 11.7. The number of aromatic nitrogens is 1. The number of anilines is 1. The van der Waals surface area contributed by atoms with Crippen LogP contribution in [0.5, 0.6) is 0 Å². The topological polar surface area (TPSA) is 28.2 Å². The van der Waals surface area contributed by atoms with Crippen LogP contribution >= 0.6 is 0 Å². The van der Waals surface area contributed by atoms with Gasteiger partial charge in [-0.3, -0.25) is 0 Å². The minimum atomic E-state index is 0.748. The third-order valence-electron chi connectivity index (χ3n) is 3.43. The molecule has 1 heterocycles. The monoisotopic (exact) mass is 247 g/mol. The highest BCUT2D eigenvalue weighted by atomic mass is 15.2. The van der Waals surface area contributed by atoms with Gasteiger partial charge in [0.2, 0.25) is 0 Å². The van der Waals surface area contributed by atoms with Gasteiger partial charge in [-0.05, 0) is 38.3 Å². The Morgan fingerprint density at radius 1 is 1.33 bits per heavy atom. The molecule has 0 bridgehead atoms. The first-order chi connectivity index (χ1) is 8.83. The van der Waals surface area contributed by atoms with Crippen molar-refractivity contribution in [2.45, 2.75) is 52.1 Å². The fraction of sp³-hybridized carbons (Fsp3) is 0.667. The predicted octanol–water partition coefficient (Wildman–Crippen LogP) is 2.96. The number of rotatable bonds is 8. The van der Waals surface area contributed by atoms with Gasteiger partial charge >= 0.3 is 0 Å². The van der Waals surface area contributed by atoms with Crippen LogP contribution < -0.4 is 10.2 Å². The largest absolute Gasteiger partial charge is 0.357 e. The quantitative estimate of drug-likeness (QED) is 0.765. The van der Waals surface area contributed by atoms with Crippen LogP contribution in [0.1, 0.15) is 45.2 Å². The van der Waals surface area contributed by atoms with Crippen molar-refractivity contribution in [3.63, 3.8) is 0 Å². The number of hydrogen-bond donors (Lipinski definition) is 1. The van der Waals surface area contributed by atoms with Gasteiger partial charge in [0.1, 0.15) is 5.82 Å². The molecule has 0 atom stereocenters. The van der Waals surface area contributed by atoms with Gasteiger partial charge in [-0.15, -0.1) is 0 Å². The minimum Gasteiger partial charge on any atom is -0.357 e. The summed E-state index contributed by atoms with van der Waals surface area (Å²) in [7, 11) is 0. The van der Waals surface area contributed by atoms with Gasteiger partial charge in [0.25, 0.3) is 0 Å². The van der Waals surface area contributed by atoms with Crippen molar-refractivity contribution in [1.29, 1.82) is 0 Å². The second-order valence-electron chi connectivity index (χ2n) is 5.08. The van der Waals surface area contributed by atoms with E-state index in [4.69, 9.17) is 4.98 Å². The maximum absolute atomic E-state index is 4.76. The molecule has 18 heavy (non-hydrogen) atoms. The number of pyridine rings is 1. The summed E-state index contributed by atoms with van der Waals surface area (Å²) in [5, 5.41) is 3.52. The summed E-state index contributed by atoms with van der Waals surface area (Å²) in [4.78, 5) is 7.13. The van der Waals surface area contributed by atoms with Crippen LogP contribution in [0.2, 0.25) is 0 Å². The molecule has 1 aromatic rings. The molecule has 3 heteroatoms. The molecule has 100 valence electrons. The Bertz CT molecular complexity index is 361. The molecule has 0 aliphatic heterocycles. The van der Waals surface area contributed by atoms with Crippen molar-refractivity contribution in [2.75, 3.05) is 18.0 Å². The zero-order chi connectivity index (χ0) is 12.8. The Balaban J connectivity index is 1.94. The Morgan fingerprint density at radius 2 is 2.17 bits per heavy atom. The van der Waals surface area contributed by atoms with Crippen LogP contribution in [-0.2, 0) is 6.54 Å². The molecule has 0 spiro atoms. The van der Waals surface area contributed by atoms with E-state index in [1.807, 2.05) is 0 Å². The van der Waals surface area contributed by atoms with Crippen LogP contribution in [0.4, 0.5) is 5.82 Å². The molecule has 0 amide bonds. The van der Waals surface area contributed by atoms with Crippen molar-refractivity contribution < 1.29 is 0 Å². The third kappa shape index (κ3) is 3.98. The Labute approximate surface area is 111 Å². The van der Waals surface area contributed by atoms with Crippen molar-refractivity contribution in [1.82, 2.24) is 10.3 Å². The van der Waals surface area contributed by atoms with Crippen molar-refractivity contribution in [2.24, 2.45) is 0 Å². The van der Waals surface area contributed by atoms with E-state index in [-0.39, 0.29) is 0 Å². The molecule has 0 unspecified atom stereocenters. The molecule has 1 aliphatic rings. The maximum atomic E-state index is 4.76. The summed E-state index contributed by atoms with van der Waals surface area (Å²) >= 11 is 0. The molecule has 2 rings (SSSR count). The third-order valence-corrected chi connectivity index (χ3v) is 3.43. The highest BCUT2D eigenvalue weighted by molar-refractivity contribution is 5.39. The van der Waals surface area contributed by atoms with Crippen molar-refractivity contribution in [3.8, 4) is 0 Å². The highest BCUT2D eigenvalue weighted by Gasteiger charge is 2.20. The maximum Gasteiger partial charge on any atom is 0.128 e. The Kier molecular flexibility index (Phi) is 5.00. The van der Waals surface area contributed by atoms with Gasteiger partial charge < -0.3 is 10.2 Å². The first-order valence-corrected chi connectivity index (χ1v) is 7.27. The summed E-state index contributed by atoms with van der Waals surface area (Å²) in [6.45, 7) is 7.49. The fourth-order valence-corrected chi connectivity index (χ4v) is 2.06. The fourth-order valence-electron chi connectivity index (χ4n) is 2.06. The van der Waals surface area contributed by atoms with E-state index in [2.05, 4.69) is 42.3 Å². The summed E-state index contributed by atoms with van der Waals surface area (Å²) in [6, 6.07) is 7.12. The lowest BCUT2D eigenvalue weighted by molar-refractivity contribution is 0.669. The van der Waals surface area contributed by atoms with E-state index in [1.165, 1.54) is 25.7 Å². The van der Waals surface area contributed by atoms with E-state index in [0.29, 0.717) is 0 Å². The molecular weight excluding hydrogens is 222 g/mol. The van der Waals surface area contributed by atoms with Crippen LogP contribution in [0.3, 0.4) is 0 Å². The van der Waals surface area contributed by atoms with E-state index in [1.54, 1.807) is 0 Å². The molecule has 1 aromatic heterocycles. The summed E-state index contributed by atoms with van der Waals surface area (Å²) in [6.07, 6.45) is 5.13. The van der Waals surface area contributed by atoms with E-state index in [9.17, 15) is 0 Å². The normalized spacial score (nSPS) is 14.8. The number of unbranched alkanes of at least 4 members (excludes halogenated alkanes) is 1. The Morgan fingerprint density at radius 3 is 2.83 bits per heavy atom. The lowest BCUT2D eigenvalue weighted by atomic mass is 10.3. The smallest absolute Gasteiger partial charge is 0.128 e. The number of hydrogen-bond acceptors (Lipinski definition) is 3. The van der Waals surface area contributed by atoms with Gasteiger partial charge in [0.05, 0.1) is 5.69 Å².